The van der Waals surface area contributed by atoms with Crippen molar-refractivity contribution in [1.82, 2.24) is 4.57 Å². The molecular weight excluding hydrogens is 669 g/mol. The summed E-state index contributed by atoms with van der Waals surface area (Å²) in [6.45, 7) is 9.75. The Morgan fingerprint density at radius 1 is 0.545 bits per heavy atom. The van der Waals surface area contributed by atoms with Crippen LogP contribution in [0.4, 0.5) is 28.4 Å². The van der Waals surface area contributed by atoms with Gasteiger partial charge in [-0.25, -0.2) is 0 Å². The van der Waals surface area contributed by atoms with E-state index in [1.165, 1.54) is 84.2 Å². The Hall–Kier alpha value is -6.20. The Balaban J connectivity index is 1.32. The van der Waals surface area contributed by atoms with Gasteiger partial charge >= 0.3 is 6.85 Å². The zero-order valence-electron chi connectivity index (χ0n) is 31.6. The van der Waals surface area contributed by atoms with E-state index in [-0.39, 0.29) is 17.7 Å². The van der Waals surface area contributed by atoms with Crippen LogP contribution in [-0.4, -0.2) is 11.4 Å². The van der Waals surface area contributed by atoms with Gasteiger partial charge in [0.25, 0.3) is 0 Å². The van der Waals surface area contributed by atoms with E-state index in [0.717, 1.165) is 29.3 Å². The highest BCUT2D eigenvalue weighted by Crippen LogP contribution is 2.56. The monoisotopic (exact) mass is 709 g/mol. The van der Waals surface area contributed by atoms with Gasteiger partial charge in [-0.1, -0.05) is 107 Å². The Kier molecular flexibility index (Phi) is 6.08. The van der Waals surface area contributed by atoms with E-state index in [9.17, 15) is 0 Å². The fraction of sp³-hybridized carbons (Fsp3) is 0.160. The molecular formula is C50H40BN3O. The summed E-state index contributed by atoms with van der Waals surface area (Å²) < 4.78 is 9.24. The lowest BCUT2D eigenvalue weighted by atomic mass is 9.44. The van der Waals surface area contributed by atoms with E-state index in [1.807, 2.05) is 0 Å². The van der Waals surface area contributed by atoms with Crippen LogP contribution in [0, 0.1) is 0 Å². The van der Waals surface area contributed by atoms with Crippen molar-refractivity contribution >= 4 is 68.0 Å². The van der Waals surface area contributed by atoms with E-state index < -0.39 is 0 Å². The predicted octanol–water partition coefficient (Wildman–Crippen LogP) is 11.9. The lowest BCUT2D eigenvalue weighted by Gasteiger charge is -2.43. The van der Waals surface area contributed by atoms with Crippen molar-refractivity contribution in [2.24, 2.45) is 0 Å². The highest BCUT2D eigenvalue weighted by molar-refractivity contribution is 6.93. The van der Waals surface area contributed by atoms with Crippen LogP contribution in [-0.2, 0) is 10.8 Å². The van der Waals surface area contributed by atoms with E-state index in [0.29, 0.717) is 0 Å². The molecule has 1 aromatic heterocycles. The number of para-hydroxylation sites is 7. The molecule has 12 rings (SSSR count). The van der Waals surface area contributed by atoms with Crippen LogP contribution in [0.2, 0.25) is 0 Å². The first kappa shape index (κ1) is 31.2. The summed E-state index contributed by atoms with van der Waals surface area (Å²) in [5, 5.41) is 2.59. The molecule has 0 atom stereocenters. The highest BCUT2D eigenvalue weighted by Gasteiger charge is 2.46. The number of nitrogens with zero attached hydrogens (tertiary/aromatic N) is 3. The van der Waals surface area contributed by atoms with Gasteiger partial charge in [-0.3, -0.25) is 0 Å². The third-order valence-electron chi connectivity index (χ3n) is 13.2. The van der Waals surface area contributed by atoms with E-state index >= 15 is 0 Å². The van der Waals surface area contributed by atoms with Crippen LogP contribution in [0.3, 0.4) is 0 Å². The molecule has 0 saturated heterocycles. The van der Waals surface area contributed by atoms with Crippen molar-refractivity contribution < 1.29 is 4.74 Å². The van der Waals surface area contributed by atoms with Gasteiger partial charge in [0.2, 0.25) is 0 Å². The summed E-state index contributed by atoms with van der Waals surface area (Å²) in [6.07, 6.45) is 2.33. The molecule has 0 radical (unpaired) electrons. The maximum absolute atomic E-state index is 6.61. The average molecular weight is 710 g/mol. The summed E-state index contributed by atoms with van der Waals surface area (Å²) >= 11 is 0. The molecule has 264 valence electrons. The molecule has 5 heteroatoms. The zero-order chi connectivity index (χ0) is 36.8. The lowest BCUT2D eigenvalue weighted by Crippen LogP contribution is -2.60. The lowest BCUT2D eigenvalue weighted by molar-refractivity contribution is 0.332. The van der Waals surface area contributed by atoms with Crippen molar-refractivity contribution in [3.63, 3.8) is 0 Å². The minimum Gasteiger partial charge on any atom is -0.453 e. The van der Waals surface area contributed by atoms with Gasteiger partial charge in [0, 0.05) is 33.4 Å². The number of fused-ring (bicyclic) bond motifs is 11. The maximum Gasteiger partial charge on any atom is 0.333 e. The molecule has 1 aliphatic carbocycles. The quantitative estimate of drug-likeness (QED) is 0.167. The topological polar surface area (TPSA) is 20.6 Å². The number of ether oxygens (including phenoxy) is 1. The number of hydrogen-bond donors (Lipinski definition) is 0. The summed E-state index contributed by atoms with van der Waals surface area (Å²) in [5.74, 6) is 1.73. The van der Waals surface area contributed by atoms with Crippen LogP contribution >= 0.6 is 0 Å². The Bertz CT molecular complexity index is 2900. The highest BCUT2D eigenvalue weighted by atomic mass is 16.5. The van der Waals surface area contributed by atoms with Crippen LogP contribution in [0.5, 0.6) is 11.5 Å². The molecule has 0 amide bonds. The molecule has 4 aliphatic rings. The smallest absolute Gasteiger partial charge is 0.333 e. The van der Waals surface area contributed by atoms with Crippen molar-refractivity contribution in [2.75, 3.05) is 9.71 Å². The van der Waals surface area contributed by atoms with Gasteiger partial charge in [-0.2, -0.15) is 0 Å². The van der Waals surface area contributed by atoms with Crippen molar-refractivity contribution in [1.29, 1.82) is 0 Å². The van der Waals surface area contributed by atoms with Gasteiger partial charge < -0.3 is 19.0 Å². The molecule has 0 fully saturated rings. The standard InChI is InChI=1S/C50H40BN3O/c1-49(2)26-27-50(3,4)36-30-42-34(28-35(36)49)46-43(52-40-22-12-14-24-44(40)55-45-25-15-13-23-41(45)52)29-33-32-18-8-10-20-38(32)54(31-16-6-5-7-17-31)51-37-19-9-11-21-39(37)53(42)48(46)47(33)51/h5-25,28-30H,26-27H2,1-4H3. The number of benzene rings is 7. The van der Waals surface area contributed by atoms with Gasteiger partial charge in [-0.15, -0.1) is 0 Å². The van der Waals surface area contributed by atoms with Crippen molar-refractivity contribution in [2.45, 2.75) is 51.4 Å². The maximum atomic E-state index is 6.61. The van der Waals surface area contributed by atoms with Crippen molar-refractivity contribution in [3.05, 3.63) is 157 Å². The molecule has 7 aromatic carbocycles. The molecule has 4 nitrogen and oxygen atoms in total. The SMILES string of the molecule is CC1(C)CCC(C)(C)c2cc3c(cc21)c1c(N2c4ccccc4Oc4ccccc42)cc2c4c1n3-c1ccccc1B4N(c1ccccc1)c1ccccc1-2. The molecule has 0 saturated carbocycles. The number of hydrogen-bond acceptors (Lipinski definition) is 3. The van der Waals surface area contributed by atoms with Crippen LogP contribution in [0.1, 0.15) is 51.7 Å². The van der Waals surface area contributed by atoms with Gasteiger partial charge in [0.1, 0.15) is 0 Å². The largest absolute Gasteiger partial charge is 0.453 e. The molecule has 0 unspecified atom stereocenters. The first-order valence-electron chi connectivity index (χ1n) is 19.7. The Labute approximate surface area is 322 Å². The van der Waals surface area contributed by atoms with Crippen LogP contribution in [0.25, 0.3) is 38.6 Å². The molecule has 3 aliphatic heterocycles. The van der Waals surface area contributed by atoms with E-state index in [4.69, 9.17) is 4.74 Å². The zero-order valence-corrected chi connectivity index (χ0v) is 31.6. The molecule has 0 spiro atoms. The van der Waals surface area contributed by atoms with E-state index in [2.05, 4.69) is 188 Å². The third kappa shape index (κ3) is 4.08. The number of rotatable bonds is 2. The third-order valence-corrected chi connectivity index (χ3v) is 13.2. The average Bonchev–Trinajstić information content (AvgIpc) is 3.56. The fourth-order valence-corrected chi connectivity index (χ4v) is 10.4. The molecule has 4 heterocycles. The molecule has 55 heavy (non-hydrogen) atoms. The van der Waals surface area contributed by atoms with Crippen LogP contribution in [0.15, 0.2) is 146 Å². The molecule has 0 bridgehead atoms. The summed E-state index contributed by atoms with van der Waals surface area (Å²) in [5.41, 5.74) is 17.8. The van der Waals surface area contributed by atoms with Gasteiger partial charge in [0.15, 0.2) is 11.5 Å². The van der Waals surface area contributed by atoms with Crippen LogP contribution < -0.4 is 25.4 Å². The minimum atomic E-state index is -0.0244. The van der Waals surface area contributed by atoms with E-state index in [1.54, 1.807) is 0 Å². The first-order chi connectivity index (χ1) is 26.8. The summed E-state index contributed by atoms with van der Waals surface area (Å²) in [7, 11) is 0. The number of aromatic nitrogens is 1. The molecule has 8 aromatic rings. The second kappa shape index (κ2) is 10.7. The van der Waals surface area contributed by atoms with Gasteiger partial charge in [0.05, 0.1) is 28.1 Å². The summed E-state index contributed by atoms with van der Waals surface area (Å²) in [4.78, 5) is 5.07. The minimum absolute atomic E-state index is 0.0244. The van der Waals surface area contributed by atoms with Crippen molar-refractivity contribution in [3.8, 4) is 28.3 Å². The summed E-state index contributed by atoms with van der Waals surface area (Å²) in [6, 6.07) is 53.8. The number of anilines is 5. The normalized spacial score (nSPS) is 16.5. The fourth-order valence-electron chi connectivity index (χ4n) is 10.4. The molecule has 0 N–H and O–H groups in total. The predicted molar refractivity (Wildman–Crippen MR) is 230 cm³/mol. The Morgan fingerprint density at radius 2 is 1.13 bits per heavy atom. The Morgan fingerprint density at radius 3 is 1.84 bits per heavy atom. The second-order valence-corrected chi connectivity index (χ2v) is 17.2. The second-order valence-electron chi connectivity index (χ2n) is 17.2. The van der Waals surface area contributed by atoms with Gasteiger partial charge in [-0.05, 0) is 118 Å². The first-order valence-corrected chi connectivity index (χ1v) is 19.7.